The number of rotatable bonds is 3. The minimum atomic E-state index is 0. The molecule has 0 saturated heterocycles. The normalized spacial score (nSPS) is 36.3. The molecule has 0 spiro atoms. The molecule has 3 N–H and O–H groups in total. The molecule has 4 bridgehead atoms. The van der Waals surface area contributed by atoms with Gasteiger partial charge in [-0.1, -0.05) is 0 Å². The van der Waals surface area contributed by atoms with Crippen molar-refractivity contribution >= 4 is 18.3 Å². The summed E-state index contributed by atoms with van der Waals surface area (Å²) in [6, 6.07) is 2.14. The maximum Gasteiger partial charge on any atom is 0.254 e. The summed E-state index contributed by atoms with van der Waals surface area (Å²) in [5, 5.41) is 3.28. The monoisotopic (exact) mass is 310 g/mol. The number of hydrogen-bond acceptors (Lipinski definition) is 3. The van der Waals surface area contributed by atoms with Crippen molar-refractivity contribution in [1.82, 2.24) is 5.32 Å². The Bertz CT molecular complexity index is 500. The highest BCUT2D eigenvalue weighted by Crippen LogP contribution is 2.53. The Morgan fingerprint density at radius 1 is 1.19 bits per heavy atom. The molecule has 4 aliphatic rings. The number of hydrogen-bond donors (Lipinski definition) is 2. The van der Waals surface area contributed by atoms with Crippen LogP contribution in [-0.4, -0.2) is 11.9 Å². The number of nitrogens with two attached hydrogens (primary N) is 1. The predicted molar refractivity (Wildman–Crippen MR) is 82.1 cm³/mol. The summed E-state index contributed by atoms with van der Waals surface area (Å²) in [6.45, 7) is 0.339. The molecule has 1 amide bonds. The van der Waals surface area contributed by atoms with E-state index in [1.54, 1.807) is 6.07 Å². The van der Waals surface area contributed by atoms with E-state index in [0.717, 1.165) is 11.8 Å². The van der Waals surface area contributed by atoms with Gasteiger partial charge in [-0.3, -0.25) is 4.79 Å². The van der Waals surface area contributed by atoms with Crippen molar-refractivity contribution in [3.63, 3.8) is 0 Å². The van der Waals surface area contributed by atoms with Crippen LogP contribution in [-0.2, 0) is 6.54 Å². The lowest BCUT2D eigenvalue weighted by Gasteiger charge is -2.54. The summed E-state index contributed by atoms with van der Waals surface area (Å²) in [5.41, 5.74) is 6.13. The Balaban J connectivity index is 0.00000132. The minimum Gasteiger partial charge on any atom is -0.467 e. The van der Waals surface area contributed by atoms with Gasteiger partial charge in [-0.25, -0.2) is 0 Å². The summed E-state index contributed by atoms with van der Waals surface area (Å²) in [7, 11) is 0. The largest absolute Gasteiger partial charge is 0.467 e. The number of furan rings is 1. The van der Waals surface area contributed by atoms with Crippen LogP contribution in [0.5, 0.6) is 0 Å². The van der Waals surface area contributed by atoms with Crippen molar-refractivity contribution in [3.05, 3.63) is 23.7 Å². The fraction of sp³-hybridized carbons (Fsp3) is 0.688. The Labute approximate surface area is 131 Å². The van der Waals surface area contributed by atoms with Crippen LogP contribution in [0.2, 0.25) is 0 Å². The van der Waals surface area contributed by atoms with Crippen molar-refractivity contribution in [2.45, 2.75) is 44.7 Å². The quantitative estimate of drug-likeness (QED) is 0.902. The van der Waals surface area contributed by atoms with Crippen molar-refractivity contribution in [3.8, 4) is 0 Å². The van der Waals surface area contributed by atoms with Crippen molar-refractivity contribution in [1.29, 1.82) is 0 Å². The molecule has 0 atom stereocenters. The molecule has 5 heteroatoms. The van der Waals surface area contributed by atoms with E-state index >= 15 is 0 Å². The van der Waals surface area contributed by atoms with E-state index in [9.17, 15) is 4.79 Å². The van der Waals surface area contributed by atoms with Crippen LogP contribution in [0.15, 0.2) is 16.7 Å². The first kappa shape index (κ1) is 14.9. The molecule has 0 radical (unpaired) electrons. The lowest BCUT2D eigenvalue weighted by atomic mass is 9.54. The molecule has 4 fully saturated rings. The van der Waals surface area contributed by atoms with Gasteiger partial charge in [0.1, 0.15) is 12.0 Å². The van der Waals surface area contributed by atoms with Gasteiger partial charge >= 0.3 is 0 Å². The SMILES string of the molecule is Cl.NCc1cc(C(=O)NC2C3CC4CC(C3)CC2C4)co1. The van der Waals surface area contributed by atoms with Gasteiger partial charge in [0.05, 0.1) is 12.1 Å². The molecule has 4 aliphatic carbocycles. The summed E-state index contributed by atoms with van der Waals surface area (Å²) in [6.07, 6.45) is 8.23. The second kappa shape index (κ2) is 5.65. The molecule has 1 heterocycles. The first-order valence-corrected chi connectivity index (χ1v) is 7.81. The van der Waals surface area contributed by atoms with Crippen LogP contribution < -0.4 is 11.1 Å². The third kappa shape index (κ3) is 2.59. The third-order valence-corrected chi connectivity index (χ3v) is 5.64. The Hall–Kier alpha value is -1.00. The highest BCUT2D eigenvalue weighted by molar-refractivity contribution is 5.94. The van der Waals surface area contributed by atoms with Gasteiger partial charge < -0.3 is 15.5 Å². The van der Waals surface area contributed by atoms with E-state index < -0.39 is 0 Å². The maximum atomic E-state index is 12.4. The van der Waals surface area contributed by atoms with E-state index in [4.69, 9.17) is 10.2 Å². The summed E-state index contributed by atoms with van der Waals surface area (Å²) >= 11 is 0. The van der Waals surface area contributed by atoms with Crippen molar-refractivity contribution in [2.24, 2.45) is 29.4 Å². The van der Waals surface area contributed by atoms with Crippen molar-refractivity contribution in [2.75, 3.05) is 0 Å². The van der Waals surface area contributed by atoms with Crippen LogP contribution in [0.25, 0.3) is 0 Å². The number of nitrogens with one attached hydrogen (secondary N) is 1. The van der Waals surface area contributed by atoms with Gasteiger partial charge in [0.2, 0.25) is 0 Å². The molecular formula is C16H23ClN2O2. The fourth-order valence-corrected chi connectivity index (χ4v) is 5.00. The smallest absolute Gasteiger partial charge is 0.254 e. The maximum absolute atomic E-state index is 12.4. The molecule has 21 heavy (non-hydrogen) atoms. The summed E-state index contributed by atoms with van der Waals surface area (Å²) < 4.78 is 5.26. The summed E-state index contributed by atoms with van der Waals surface area (Å²) in [5.74, 6) is 3.95. The lowest BCUT2D eigenvalue weighted by Crippen LogP contribution is -2.55. The van der Waals surface area contributed by atoms with E-state index in [-0.39, 0.29) is 18.3 Å². The molecule has 1 aromatic rings. The van der Waals surface area contributed by atoms with E-state index in [2.05, 4.69) is 5.32 Å². The number of carbonyl (C=O) groups is 1. The van der Waals surface area contributed by atoms with Crippen LogP contribution in [0.4, 0.5) is 0 Å². The molecule has 5 rings (SSSR count). The zero-order chi connectivity index (χ0) is 13.7. The fourth-order valence-electron chi connectivity index (χ4n) is 5.00. The van der Waals surface area contributed by atoms with Gasteiger partial charge in [0.15, 0.2) is 0 Å². The standard InChI is InChI=1S/C16H22N2O2.ClH/c17-7-14-6-13(8-20-14)16(19)18-15-11-2-9-1-10(4-11)5-12(15)3-9;/h6,8-12,15H,1-5,7,17H2,(H,18,19);1H. The van der Waals surface area contributed by atoms with Gasteiger partial charge in [0, 0.05) is 6.04 Å². The molecule has 0 unspecified atom stereocenters. The zero-order valence-corrected chi connectivity index (χ0v) is 12.9. The third-order valence-electron chi connectivity index (χ3n) is 5.64. The molecule has 116 valence electrons. The van der Waals surface area contributed by atoms with Gasteiger partial charge in [-0.15, -0.1) is 12.4 Å². The second-order valence-corrected chi connectivity index (χ2v) is 6.94. The van der Waals surface area contributed by atoms with Crippen LogP contribution in [0.1, 0.15) is 48.2 Å². The summed E-state index contributed by atoms with van der Waals surface area (Å²) in [4.78, 5) is 12.4. The lowest BCUT2D eigenvalue weighted by molar-refractivity contribution is -0.0119. The Morgan fingerprint density at radius 3 is 2.33 bits per heavy atom. The number of carbonyl (C=O) groups excluding carboxylic acids is 1. The molecular weight excluding hydrogens is 288 g/mol. The molecule has 4 nitrogen and oxygen atoms in total. The first-order valence-electron chi connectivity index (χ1n) is 7.81. The topological polar surface area (TPSA) is 68.3 Å². The Morgan fingerprint density at radius 2 is 1.81 bits per heavy atom. The van der Waals surface area contributed by atoms with E-state index in [1.165, 1.54) is 38.4 Å². The van der Waals surface area contributed by atoms with Crippen LogP contribution in [0, 0.1) is 23.7 Å². The second-order valence-electron chi connectivity index (χ2n) is 6.94. The van der Waals surface area contributed by atoms with Crippen LogP contribution >= 0.6 is 12.4 Å². The predicted octanol–water partition coefficient (Wildman–Crippen LogP) is 2.71. The Kier molecular flexibility index (Phi) is 4.02. The highest BCUT2D eigenvalue weighted by atomic mass is 35.5. The van der Waals surface area contributed by atoms with Gasteiger partial charge in [0.25, 0.3) is 5.91 Å². The van der Waals surface area contributed by atoms with E-state index in [1.807, 2.05) is 0 Å². The van der Waals surface area contributed by atoms with E-state index in [0.29, 0.717) is 35.7 Å². The number of halogens is 1. The molecule has 1 aromatic heterocycles. The average Bonchev–Trinajstić information content (AvgIpc) is 2.91. The molecule has 4 saturated carbocycles. The van der Waals surface area contributed by atoms with Gasteiger partial charge in [-0.05, 0) is 61.8 Å². The van der Waals surface area contributed by atoms with Gasteiger partial charge in [-0.2, -0.15) is 0 Å². The zero-order valence-electron chi connectivity index (χ0n) is 12.1. The first-order chi connectivity index (χ1) is 9.72. The van der Waals surface area contributed by atoms with Crippen molar-refractivity contribution < 1.29 is 9.21 Å². The minimum absolute atomic E-state index is 0. The average molecular weight is 311 g/mol. The van der Waals surface area contributed by atoms with Crippen LogP contribution in [0.3, 0.4) is 0 Å². The molecule has 0 aliphatic heterocycles. The number of amides is 1. The highest BCUT2D eigenvalue weighted by Gasteiger charge is 2.48. The molecule has 0 aromatic carbocycles.